The first-order valence-corrected chi connectivity index (χ1v) is 11.8. The van der Waals surface area contributed by atoms with Crippen molar-refractivity contribution in [2.75, 3.05) is 33.4 Å². The number of nitrogens with one attached hydrogen (secondary N) is 2. The van der Waals surface area contributed by atoms with E-state index in [0.29, 0.717) is 24.9 Å². The number of H-pyrrole nitrogens is 1. The van der Waals surface area contributed by atoms with Gasteiger partial charge in [0.1, 0.15) is 0 Å². The van der Waals surface area contributed by atoms with E-state index in [-0.39, 0.29) is 17.9 Å². The average Bonchev–Trinajstić information content (AvgIpc) is 3.48. The van der Waals surface area contributed by atoms with Gasteiger partial charge in [0, 0.05) is 51.9 Å². The van der Waals surface area contributed by atoms with Crippen LogP contribution in [0.25, 0.3) is 11.0 Å². The summed E-state index contributed by atoms with van der Waals surface area (Å²) in [6, 6.07) is 8.00. The number of aromatic amines is 1. The Morgan fingerprint density at radius 3 is 2.88 bits per heavy atom. The largest absolute Gasteiger partial charge is 0.385 e. The van der Waals surface area contributed by atoms with Crippen LogP contribution in [-0.2, 0) is 11.3 Å². The van der Waals surface area contributed by atoms with Crippen LogP contribution in [0, 0.1) is 5.92 Å². The summed E-state index contributed by atoms with van der Waals surface area (Å²) in [4.78, 5) is 20.8. The summed E-state index contributed by atoms with van der Waals surface area (Å²) in [5, 5.41) is 17.9. The van der Waals surface area contributed by atoms with Crippen molar-refractivity contribution < 1.29 is 9.53 Å². The number of hydrogen-bond donors (Lipinski definition) is 2. The minimum absolute atomic E-state index is 0.0187. The Bertz CT molecular complexity index is 1030. The quantitative estimate of drug-likeness (QED) is 0.452. The number of para-hydroxylation sites is 2. The second-order valence-electron chi connectivity index (χ2n) is 9.16. The number of fused-ring (bicyclic) bond motifs is 1. The van der Waals surface area contributed by atoms with Crippen molar-refractivity contribution in [3.8, 4) is 0 Å². The Balaban J connectivity index is 1.62. The van der Waals surface area contributed by atoms with Crippen molar-refractivity contribution in [3.63, 3.8) is 0 Å². The van der Waals surface area contributed by atoms with Crippen molar-refractivity contribution in [3.05, 3.63) is 35.9 Å². The van der Waals surface area contributed by atoms with E-state index in [0.717, 1.165) is 55.8 Å². The molecule has 0 spiro atoms. The van der Waals surface area contributed by atoms with E-state index in [4.69, 9.17) is 9.72 Å². The highest BCUT2D eigenvalue weighted by Gasteiger charge is 2.34. The van der Waals surface area contributed by atoms with Gasteiger partial charge in [0.2, 0.25) is 0 Å². The molecule has 0 aliphatic carbocycles. The second kappa shape index (κ2) is 10.8. The van der Waals surface area contributed by atoms with Gasteiger partial charge in [0.15, 0.2) is 11.6 Å². The summed E-state index contributed by atoms with van der Waals surface area (Å²) in [6.07, 6.45) is 2.66. The number of aryl methyl sites for hydroxylation is 1. The molecule has 0 saturated carbocycles. The number of unbranched alkanes of at least 4 members (excludes halogenated alkanes) is 1. The Hall–Kier alpha value is -2.85. The molecule has 2 atom stereocenters. The van der Waals surface area contributed by atoms with Gasteiger partial charge in [-0.2, -0.15) is 0 Å². The topological polar surface area (TPSA) is 114 Å². The first-order chi connectivity index (χ1) is 16.1. The van der Waals surface area contributed by atoms with Crippen molar-refractivity contribution in [2.24, 2.45) is 5.92 Å². The molecule has 2 aromatic heterocycles. The summed E-state index contributed by atoms with van der Waals surface area (Å²) < 4.78 is 7.28. The molecule has 10 heteroatoms. The number of rotatable bonds is 10. The van der Waals surface area contributed by atoms with Gasteiger partial charge in [0.25, 0.3) is 5.91 Å². The predicted octanol–water partition coefficient (Wildman–Crippen LogP) is 2.22. The summed E-state index contributed by atoms with van der Waals surface area (Å²) in [5.41, 5.74) is 1.85. The molecule has 3 heterocycles. The Morgan fingerprint density at radius 2 is 2.12 bits per heavy atom. The number of tetrazole rings is 1. The zero-order valence-electron chi connectivity index (χ0n) is 19.7. The molecule has 1 aliphatic heterocycles. The number of aromatic nitrogens is 6. The number of imidazole rings is 1. The van der Waals surface area contributed by atoms with Gasteiger partial charge < -0.3 is 19.5 Å². The second-order valence-corrected chi connectivity index (χ2v) is 9.16. The van der Waals surface area contributed by atoms with Crippen LogP contribution in [0.15, 0.2) is 24.3 Å². The van der Waals surface area contributed by atoms with Crippen LogP contribution >= 0.6 is 0 Å². The van der Waals surface area contributed by atoms with Crippen LogP contribution in [0.3, 0.4) is 0 Å². The van der Waals surface area contributed by atoms with Crippen LogP contribution in [0.5, 0.6) is 0 Å². The monoisotopic (exact) mass is 454 g/mol. The summed E-state index contributed by atoms with van der Waals surface area (Å²) in [5.74, 6) is 1.72. The summed E-state index contributed by atoms with van der Waals surface area (Å²) in [6.45, 7) is 7.92. The van der Waals surface area contributed by atoms with E-state index in [1.807, 2.05) is 29.2 Å². The highest BCUT2D eigenvalue weighted by molar-refractivity contribution is 5.95. The lowest BCUT2D eigenvalue weighted by molar-refractivity contribution is 0.0590. The SMILES string of the molecule is COCCCCn1c(C(=O)N(CC(C)C)[C@@H]2CNC[C@H](c3nnn[nH]3)C2)nc2ccccc21. The average molecular weight is 455 g/mol. The van der Waals surface area contributed by atoms with Gasteiger partial charge in [-0.1, -0.05) is 26.0 Å². The van der Waals surface area contributed by atoms with E-state index in [1.165, 1.54) is 0 Å². The summed E-state index contributed by atoms with van der Waals surface area (Å²) in [7, 11) is 1.71. The van der Waals surface area contributed by atoms with Crippen LogP contribution in [0.4, 0.5) is 0 Å². The number of methoxy groups -OCH3 is 1. The van der Waals surface area contributed by atoms with Crippen molar-refractivity contribution in [2.45, 2.75) is 51.6 Å². The standard InChI is InChI=1S/C23H34N8O2/c1-16(2)15-31(18-12-17(13-24-14-18)21-26-28-29-27-21)23(32)22-25-19-8-4-5-9-20(19)30(22)10-6-7-11-33-3/h4-5,8-9,16-18,24H,6-7,10-15H2,1-3H3,(H,26,27,28,29)/t17-,18+/m1/s1. The van der Waals surface area contributed by atoms with E-state index < -0.39 is 0 Å². The third-order valence-electron chi connectivity index (χ3n) is 6.17. The number of carbonyl (C=O) groups excluding carboxylic acids is 1. The van der Waals surface area contributed by atoms with Crippen LogP contribution in [0.2, 0.25) is 0 Å². The van der Waals surface area contributed by atoms with Gasteiger partial charge >= 0.3 is 0 Å². The zero-order valence-corrected chi connectivity index (χ0v) is 19.7. The van der Waals surface area contributed by atoms with E-state index in [1.54, 1.807) is 7.11 Å². The summed E-state index contributed by atoms with van der Waals surface area (Å²) >= 11 is 0. The molecule has 2 N–H and O–H groups in total. The highest BCUT2D eigenvalue weighted by Crippen LogP contribution is 2.26. The van der Waals surface area contributed by atoms with E-state index in [9.17, 15) is 4.79 Å². The van der Waals surface area contributed by atoms with Gasteiger partial charge in [-0.05, 0) is 47.7 Å². The van der Waals surface area contributed by atoms with Crippen molar-refractivity contribution in [1.82, 2.24) is 40.4 Å². The molecule has 178 valence electrons. The molecular formula is C23H34N8O2. The maximum absolute atomic E-state index is 14.0. The predicted molar refractivity (Wildman–Crippen MR) is 125 cm³/mol. The lowest BCUT2D eigenvalue weighted by Gasteiger charge is -2.38. The normalized spacial score (nSPS) is 18.8. The van der Waals surface area contributed by atoms with E-state index in [2.05, 4.69) is 44.4 Å². The van der Waals surface area contributed by atoms with Gasteiger partial charge in [-0.3, -0.25) is 4.79 Å². The minimum atomic E-state index is -0.0187. The molecule has 3 aromatic rings. The maximum Gasteiger partial charge on any atom is 0.290 e. The minimum Gasteiger partial charge on any atom is -0.385 e. The molecule has 1 aromatic carbocycles. The number of ether oxygens (including phenoxy) is 1. The molecule has 33 heavy (non-hydrogen) atoms. The third kappa shape index (κ3) is 5.39. The van der Waals surface area contributed by atoms with Crippen molar-refractivity contribution >= 4 is 16.9 Å². The van der Waals surface area contributed by atoms with Crippen LogP contribution in [0.1, 0.15) is 55.5 Å². The first kappa shape index (κ1) is 23.3. The molecule has 0 unspecified atom stereocenters. The Kier molecular flexibility index (Phi) is 7.66. The molecule has 1 amide bonds. The number of benzene rings is 1. The fourth-order valence-corrected chi connectivity index (χ4v) is 4.61. The maximum atomic E-state index is 14.0. The smallest absolute Gasteiger partial charge is 0.290 e. The number of amides is 1. The van der Waals surface area contributed by atoms with Gasteiger partial charge in [-0.15, -0.1) is 5.10 Å². The number of carbonyl (C=O) groups is 1. The molecule has 10 nitrogen and oxygen atoms in total. The Labute approximate surface area is 194 Å². The molecule has 0 radical (unpaired) electrons. The lowest BCUT2D eigenvalue weighted by Crippen LogP contribution is -2.52. The lowest BCUT2D eigenvalue weighted by atomic mass is 9.93. The fraction of sp³-hybridized carbons (Fsp3) is 0.609. The number of piperidine rings is 1. The zero-order chi connectivity index (χ0) is 23.2. The van der Waals surface area contributed by atoms with Gasteiger partial charge in [-0.25, -0.2) is 10.1 Å². The van der Waals surface area contributed by atoms with Crippen LogP contribution in [-0.4, -0.2) is 80.4 Å². The fourth-order valence-electron chi connectivity index (χ4n) is 4.61. The molecule has 1 saturated heterocycles. The molecule has 1 aliphatic rings. The number of hydrogen-bond acceptors (Lipinski definition) is 7. The Morgan fingerprint density at radius 1 is 1.27 bits per heavy atom. The van der Waals surface area contributed by atoms with Crippen molar-refractivity contribution in [1.29, 1.82) is 0 Å². The van der Waals surface area contributed by atoms with E-state index >= 15 is 0 Å². The van der Waals surface area contributed by atoms with Crippen LogP contribution < -0.4 is 5.32 Å². The molecule has 4 rings (SSSR count). The molecule has 0 bridgehead atoms. The third-order valence-corrected chi connectivity index (χ3v) is 6.17. The molecular weight excluding hydrogens is 420 g/mol. The number of nitrogens with zero attached hydrogens (tertiary/aromatic N) is 6. The first-order valence-electron chi connectivity index (χ1n) is 11.8. The molecule has 1 fully saturated rings. The highest BCUT2D eigenvalue weighted by atomic mass is 16.5. The van der Waals surface area contributed by atoms with Gasteiger partial charge in [0.05, 0.1) is 11.0 Å².